The zero-order valence-electron chi connectivity index (χ0n) is 71.5. The maximum absolute atomic E-state index is 2.40. The molecule has 6 nitrogen and oxygen atoms in total. The molecule has 0 saturated carbocycles. The number of allylic oxidation sites excluding steroid dienone is 12. The maximum atomic E-state index is 2.40. The van der Waals surface area contributed by atoms with E-state index in [4.69, 9.17) is 0 Å². The summed E-state index contributed by atoms with van der Waals surface area (Å²) in [5, 5.41) is 23.8. The van der Waals surface area contributed by atoms with Crippen LogP contribution in [0.3, 0.4) is 0 Å². The molecule has 0 amide bonds. The molecule has 0 unspecified atom stereocenters. The summed E-state index contributed by atoms with van der Waals surface area (Å²) in [6.45, 7) is 1.87. The number of rotatable bonds is 0. The quantitative estimate of drug-likeness (QED) is 0.0850. The summed E-state index contributed by atoms with van der Waals surface area (Å²) in [6, 6.07) is 119. The minimum absolute atomic E-state index is 0.291. The molecule has 0 fully saturated rings. The van der Waals surface area contributed by atoms with Crippen LogP contribution in [0.1, 0.15) is 11.1 Å². The van der Waals surface area contributed by atoms with Crippen molar-refractivity contribution in [2.45, 2.75) is 0 Å². The first-order valence-corrected chi connectivity index (χ1v) is 45.4. The Balaban J connectivity index is 0.0000000842. The smallest absolute Gasteiger partial charge is 0.320 e. The second-order valence-corrected chi connectivity index (χ2v) is 34.8. The lowest BCUT2D eigenvalue weighted by Gasteiger charge is -2.37. The maximum Gasteiger partial charge on any atom is 0.320 e. The van der Waals surface area contributed by atoms with E-state index in [1.54, 1.807) is 0 Å². The third-order valence-electron chi connectivity index (χ3n) is 27.7. The molecule has 0 saturated heterocycles. The number of nitrogens with zero attached hydrogens (tertiary/aromatic N) is 6. The lowest BCUT2D eigenvalue weighted by molar-refractivity contribution is 1.37. The van der Waals surface area contributed by atoms with Gasteiger partial charge < -0.3 is 28.9 Å². The van der Waals surface area contributed by atoms with Crippen LogP contribution in [0.2, 0.25) is 0 Å². The molecule has 0 spiro atoms. The Morgan fingerprint density at radius 1 is 0.177 bits per heavy atom. The van der Waals surface area contributed by atoms with Gasteiger partial charge in [0.15, 0.2) is 0 Å². The van der Waals surface area contributed by atoms with E-state index in [0.29, 0.717) is 41.1 Å². The van der Waals surface area contributed by atoms with Crippen molar-refractivity contribution in [3.05, 3.63) is 497 Å². The van der Waals surface area contributed by atoms with E-state index < -0.39 is 0 Å². The highest BCUT2D eigenvalue weighted by Crippen LogP contribution is 2.48. The molecule has 18 aromatic carbocycles. The molecular formula is C118H82B6N6. The van der Waals surface area contributed by atoms with Crippen molar-refractivity contribution in [3.63, 3.8) is 0 Å². The average molecular weight is 1650 g/mol. The van der Waals surface area contributed by atoms with Crippen molar-refractivity contribution < 1.29 is 0 Å². The summed E-state index contributed by atoms with van der Waals surface area (Å²) < 4.78 is 0. The number of benzene rings is 18. The Morgan fingerprint density at radius 3 is 1.23 bits per heavy atom. The second-order valence-electron chi connectivity index (χ2n) is 34.8. The van der Waals surface area contributed by atoms with Crippen LogP contribution in [0.15, 0.2) is 485 Å². The van der Waals surface area contributed by atoms with Gasteiger partial charge in [0.05, 0.1) is 0 Å². The van der Waals surface area contributed by atoms with Gasteiger partial charge >= 0.3 is 41.1 Å². The van der Waals surface area contributed by atoms with E-state index >= 15 is 0 Å². The van der Waals surface area contributed by atoms with E-state index in [2.05, 4.69) is 527 Å². The number of hydrogen-bond acceptors (Lipinski definition) is 6. The summed E-state index contributed by atoms with van der Waals surface area (Å²) in [4.78, 5) is 14.3. The largest absolute Gasteiger partial charge is 0.383 e. The van der Waals surface area contributed by atoms with Crippen LogP contribution in [0, 0.1) is 0 Å². The van der Waals surface area contributed by atoms with Gasteiger partial charge in [0.2, 0.25) is 0 Å². The molecule has 12 heterocycles. The van der Waals surface area contributed by atoms with Gasteiger partial charge in [-0.3, -0.25) is 0 Å². The molecule has 0 N–H and O–H groups in total. The first-order valence-electron chi connectivity index (χ1n) is 45.4. The number of fused-ring (bicyclic) bond motifs is 39. The van der Waals surface area contributed by atoms with Crippen LogP contribution >= 0.6 is 0 Å². The fourth-order valence-corrected chi connectivity index (χ4v) is 21.8. The minimum Gasteiger partial charge on any atom is -0.383 e. The van der Waals surface area contributed by atoms with Crippen LogP contribution in [-0.4, -0.2) is 41.1 Å². The SMILES string of the molecule is C1=CB2C=Cc3ccc4cc5ccccc5cc4c3N2C=C1.C1=CB2C=Cc3ccc4ccc5ccccc5c4c3N2C=C1.C1=CB2c3cccc4ccc5cccc(c5c34)N2C=C1.C1=CB2c3ccccc3-c3c(ccc4ccccc34)N2C=C1.C1=CB2c3ccccc3-c3cc4ccccc4cc3N2C=C1.C1=CB2c3ccccc3-c3ccc4ccccc4c3N2C=C1. The highest BCUT2D eigenvalue weighted by Gasteiger charge is 2.38. The standard InChI is InChI=1S/5C20H14BN.C18H12BN/c1-2-8-16-15(7-1)11-12-18-17-9-3-4-10-19(17)21-13-5-6-14-22(21)20(16)18;1-2-8-16-15(7-1)11-12-19-20(16)17-9-3-4-10-18(17)21-13-5-6-14-22(19)21;1-2-8-16-14-20-18(13-15(16)7-1)17-9-3-4-10-19(17)21-11-5-6-12-22(20)21;1-2-6-18-15(5-1)7-8-16-9-10-17-11-13-21-12-3-4-14-22(21)20(17)19(16)18;1-2-6-17-14-19-18(13-16(17)5-1)8-7-15-9-11-21-10-3-4-12-22(21)20(15)19;1-2-12-20-16-8-4-6-14-10-9-13-5-3-7-15(19(20)11-1)17(13)18(14)16/h5*1-14H;1-12H. The Morgan fingerprint density at radius 2 is 0.577 bits per heavy atom. The fraction of sp³-hybridized carbons (Fsp3) is 0. The molecule has 0 atom stereocenters. The Hall–Kier alpha value is -16.2. The first kappa shape index (κ1) is 76.3. The summed E-state index contributed by atoms with van der Waals surface area (Å²) in [5.41, 5.74) is 24.1. The van der Waals surface area contributed by atoms with Gasteiger partial charge in [0, 0.05) is 72.4 Å². The van der Waals surface area contributed by atoms with E-state index in [9.17, 15) is 0 Å². The lowest BCUT2D eigenvalue weighted by atomic mass is 9.49. The van der Waals surface area contributed by atoms with Crippen LogP contribution in [0.4, 0.5) is 34.1 Å². The van der Waals surface area contributed by atoms with Gasteiger partial charge in [0.25, 0.3) is 0 Å². The van der Waals surface area contributed by atoms with Crippen molar-refractivity contribution in [2.24, 2.45) is 0 Å². The van der Waals surface area contributed by atoms with Gasteiger partial charge in [-0.1, -0.05) is 388 Å². The van der Waals surface area contributed by atoms with Crippen LogP contribution in [-0.2, 0) is 0 Å². The predicted octanol–water partition coefficient (Wildman–Crippen LogP) is 26.0. The van der Waals surface area contributed by atoms with Gasteiger partial charge in [-0.05, 0) is 235 Å². The highest BCUT2D eigenvalue weighted by molar-refractivity contribution is 6.87. The van der Waals surface area contributed by atoms with Gasteiger partial charge in [-0.25, -0.2) is 0 Å². The topological polar surface area (TPSA) is 19.4 Å². The van der Waals surface area contributed by atoms with Crippen LogP contribution in [0.5, 0.6) is 0 Å². The Kier molecular flexibility index (Phi) is 18.8. The zero-order chi connectivity index (χ0) is 85.7. The van der Waals surface area contributed by atoms with Crippen LogP contribution in [0.25, 0.3) is 142 Å². The summed E-state index contributed by atoms with van der Waals surface area (Å²) in [7, 11) is 0. The van der Waals surface area contributed by atoms with Crippen molar-refractivity contribution >= 4 is 206 Å². The monoisotopic (exact) mass is 1650 g/mol. The Labute approximate surface area is 759 Å². The van der Waals surface area contributed by atoms with Crippen molar-refractivity contribution in [3.8, 4) is 33.4 Å². The van der Waals surface area contributed by atoms with E-state index in [0.717, 1.165) is 0 Å². The molecule has 0 bridgehead atoms. The third-order valence-corrected chi connectivity index (χ3v) is 27.7. The van der Waals surface area contributed by atoms with E-state index in [-0.39, 0.29) is 0 Å². The van der Waals surface area contributed by atoms with E-state index in [1.807, 2.05) is 0 Å². The predicted molar refractivity (Wildman–Crippen MR) is 568 cm³/mol. The zero-order valence-corrected chi connectivity index (χ0v) is 71.5. The van der Waals surface area contributed by atoms with Crippen molar-refractivity contribution in [1.29, 1.82) is 0 Å². The van der Waals surface area contributed by atoms with Crippen molar-refractivity contribution in [1.82, 2.24) is 0 Å². The molecule has 12 aliphatic rings. The molecular weight excluding hydrogens is 1570 g/mol. The van der Waals surface area contributed by atoms with Gasteiger partial charge in [-0.15, -0.1) is 0 Å². The second kappa shape index (κ2) is 32.1. The molecule has 0 aromatic heterocycles. The molecule has 602 valence electrons. The Bertz CT molecular complexity index is 8100. The summed E-state index contributed by atoms with van der Waals surface area (Å²) >= 11 is 0. The van der Waals surface area contributed by atoms with Crippen molar-refractivity contribution in [2.75, 3.05) is 28.9 Å². The summed E-state index contributed by atoms with van der Waals surface area (Å²) in [6.07, 6.45) is 43.1. The summed E-state index contributed by atoms with van der Waals surface area (Å²) in [5.74, 6) is 18.1. The molecule has 12 heteroatoms. The molecule has 130 heavy (non-hydrogen) atoms. The molecule has 0 radical (unpaired) electrons. The fourth-order valence-electron chi connectivity index (χ4n) is 21.8. The minimum atomic E-state index is 0.291. The number of anilines is 6. The average Bonchev–Trinajstić information content (AvgIpc) is 0.729. The first-order chi connectivity index (χ1) is 64.5. The van der Waals surface area contributed by atoms with E-state index in [1.165, 1.54) is 197 Å². The van der Waals surface area contributed by atoms with Gasteiger partial charge in [-0.2, -0.15) is 0 Å². The molecule has 18 aromatic rings. The van der Waals surface area contributed by atoms with Crippen LogP contribution < -0.4 is 50.7 Å². The highest BCUT2D eigenvalue weighted by atomic mass is 15.1. The normalized spacial score (nSPS) is 15.1. The number of hydrogen-bond donors (Lipinski definition) is 0. The molecule has 0 aliphatic carbocycles. The third kappa shape index (κ3) is 12.9. The van der Waals surface area contributed by atoms with Gasteiger partial charge in [0.1, 0.15) is 0 Å². The molecule has 12 aliphatic heterocycles. The molecule has 30 rings (SSSR count). The lowest BCUT2D eigenvalue weighted by Crippen LogP contribution is -2.49.